The molecule has 4 heteroatoms. The molecular weight excluding hydrogens is 238 g/mol. The van der Waals surface area contributed by atoms with E-state index < -0.39 is 0 Å². The summed E-state index contributed by atoms with van der Waals surface area (Å²) in [4.78, 5) is 11.9. The van der Waals surface area contributed by atoms with Crippen LogP contribution in [0.2, 0.25) is 0 Å². The van der Waals surface area contributed by atoms with E-state index in [0.717, 1.165) is 19.4 Å². The highest BCUT2D eigenvalue weighted by molar-refractivity contribution is 5.92. The van der Waals surface area contributed by atoms with Gasteiger partial charge in [-0.2, -0.15) is 5.10 Å². The van der Waals surface area contributed by atoms with Crippen molar-refractivity contribution in [3.05, 3.63) is 53.9 Å². The number of rotatable bonds is 6. The second-order valence-corrected chi connectivity index (χ2v) is 4.46. The maximum Gasteiger partial charge on any atom is 0.271 e. The lowest BCUT2D eigenvalue weighted by Crippen LogP contribution is -2.26. The predicted octanol–water partition coefficient (Wildman–Crippen LogP) is 2.27. The lowest BCUT2D eigenvalue weighted by Gasteiger charge is -2.03. The molecule has 0 radical (unpaired) electrons. The van der Waals surface area contributed by atoms with Crippen LogP contribution in [-0.4, -0.2) is 22.2 Å². The first-order chi connectivity index (χ1) is 9.29. The Bertz CT molecular complexity index is 519. The van der Waals surface area contributed by atoms with Crippen molar-refractivity contribution in [3.8, 4) is 0 Å². The lowest BCUT2D eigenvalue weighted by atomic mass is 10.1. The summed E-state index contributed by atoms with van der Waals surface area (Å²) in [6.07, 6.45) is 3.69. The van der Waals surface area contributed by atoms with Gasteiger partial charge < -0.3 is 5.32 Å². The average molecular weight is 257 g/mol. The summed E-state index contributed by atoms with van der Waals surface area (Å²) in [5.74, 6) is -0.106. The van der Waals surface area contributed by atoms with Gasteiger partial charge in [0.05, 0.1) is 0 Å². The number of hydrogen-bond acceptors (Lipinski definition) is 2. The molecule has 0 aliphatic carbocycles. The first-order valence-corrected chi connectivity index (χ1v) is 6.65. The summed E-state index contributed by atoms with van der Waals surface area (Å²) in [6, 6.07) is 11.9. The zero-order chi connectivity index (χ0) is 13.5. The minimum atomic E-state index is -0.106. The average Bonchev–Trinajstić information content (AvgIpc) is 2.89. The quantitative estimate of drug-likeness (QED) is 0.863. The molecule has 1 aromatic carbocycles. The lowest BCUT2D eigenvalue weighted by molar-refractivity contribution is 0.0948. The predicted molar refractivity (Wildman–Crippen MR) is 75.0 cm³/mol. The smallest absolute Gasteiger partial charge is 0.271 e. The first-order valence-electron chi connectivity index (χ1n) is 6.65. The van der Waals surface area contributed by atoms with E-state index in [1.165, 1.54) is 5.56 Å². The monoisotopic (exact) mass is 257 g/mol. The second-order valence-electron chi connectivity index (χ2n) is 4.46. The van der Waals surface area contributed by atoms with E-state index in [4.69, 9.17) is 0 Å². The fourth-order valence-electron chi connectivity index (χ4n) is 1.89. The highest BCUT2D eigenvalue weighted by atomic mass is 16.1. The van der Waals surface area contributed by atoms with E-state index in [1.54, 1.807) is 10.7 Å². The number of carbonyl (C=O) groups is 1. The van der Waals surface area contributed by atoms with E-state index in [2.05, 4.69) is 29.5 Å². The largest absolute Gasteiger partial charge is 0.350 e. The third kappa shape index (κ3) is 3.95. The molecule has 0 atom stereocenters. The van der Waals surface area contributed by atoms with Gasteiger partial charge in [0.25, 0.3) is 5.91 Å². The van der Waals surface area contributed by atoms with Crippen molar-refractivity contribution in [3.63, 3.8) is 0 Å². The summed E-state index contributed by atoms with van der Waals surface area (Å²) in [5, 5.41) is 7.12. The fraction of sp³-hybridized carbons (Fsp3) is 0.333. The molecule has 0 bridgehead atoms. The maximum atomic E-state index is 11.9. The van der Waals surface area contributed by atoms with E-state index >= 15 is 0 Å². The third-order valence-corrected chi connectivity index (χ3v) is 2.87. The van der Waals surface area contributed by atoms with Crippen molar-refractivity contribution < 1.29 is 4.79 Å². The molecule has 0 spiro atoms. The summed E-state index contributed by atoms with van der Waals surface area (Å²) in [5.41, 5.74) is 1.71. The standard InChI is InChI=1S/C15H19N3O/c1-2-11-18-12-9-14(17-18)15(19)16-10-8-13-6-4-3-5-7-13/h3-7,9,12H,2,8,10-11H2,1H3,(H,16,19). The second kappa shape index (κ2) is 6.73. The van der Waals surface area contributed by atoms with Gasteiger partial charge in [-0.25, -0.2) is 0 Å². The van der Waals surface area contributed by atoms with Crippen LogP contribution < -0.4 is 5.32 Å². The van der Waals surface area contributed by atoms with E-state index in [-0.39, 0.29) is 5.91 Å². The van der Waals surface area contributed by atoms with Gasteiger partial charge in [-0.05, 0) is 24.5 Å². The van der Waals surface area contributed by atoms with Crippen molar-refractivity contribution >= 4 is 5.91 Å². The molecule has 19 heavy (non-hydrogen) atoms. The Morgan fingerprint density at radius 1 is 1.26 bits per heavy atom. The molecule has 0 fully saturated rings. The number of aromatic nitrogens is 2. The Hall–Kier alpha value is -2.10. The van der Waals surface area contributed by atoms with Gasteiger partial charge in [-0.3, -0.25) is 9.48 Å². The Labute approximate surface area is 113 Å². The van der Waals surface area contributed by atoms with Gasteiger partial charge >= 0.3 is 0 Å². The number of carbonyl (C=O) groups excluding carboxylic acids is 1. The number of benzene rings is 1. The van der Waals surface area contributed by atoms with Gasteiger partial charge in [0.2, 0.25) is 0 Å². The minimum Gasteiger partial charge on any atom is -0.350 e. The van der Waals surface area contributed by atoms with Crippen LogP contribution in [0.3, 0.4) is 0 Å². The molecule has 2 rings (SSSR count). The van der Waals surface area contributed by atoms with E-state index in [0.29, 0.717) is 12.2 Å². The van der Waals surface area contributed by atoms with Gasteiger partial charge in [-0.15, -0.1) is 0 Å². The van der Waals surface area contributed by atoms with Crippen LogP contribution in [0.5, 0.6) is 0 Å². The maximum absolute atomic E-state index is 11.9. The van der Waals surface area contributed by atoms with Gasteiger partial charge in [0, 0.05) is 19.3 Å². The molecule has 0 aliphatic rings. The zero-order valence-corrected chi connectivity index (χ0v) is 11.2. The molecule has 0 unspecified atom stereocenters. The molecule has 1 amide bonds. The number of nitrogens with one attached hydrogen (secondary N) is 1. The van der Waals surface area contributed by atoms with E-state index in [9.17, 15) is 4.79 Å². The Morgan fingerprint density at radius 3 is 2.79 bits per heavy atom. The molecule has 1 aromatic heterocycles. The topological polar surface area (TPSA) is 46.9 Å². The zero-order valence-electron chi connectivity index (χ0n) is 11.2. The van der Waals surface area contributed by atoms with Gasteiger partial charge in [0.1, 0.15) is 5.69 Å². The fourth-order valence-corrected chi connectivity index (χ4v) is 1.89. The normalized spacial score (nSPS) is 10.4. The molecule has 2 aromatic rings. The van der Waals surface area contributed by atoms with Crippen molar-refractivity contribution in [2.75, 3.05) is 6.54 Å². The Kier molecular flexibility index (Phi) is 4.72. The molecule has 100 valence electrons. The highest BCUT2D eigenvalue weighted by Crippen LogP contribution is 2.00. The number of nitrogens with zero attached hydrogens (tertiary/aromatic N) is 2. The van der Waals surface area contributed by atoms with Crippen molar-refractivity contribution in [1.82, 2.24) is 15.1 Å². The molecule has 0 aliphatic heterocycles. The highest BCUT2D eigenvalue weighted by Gasteiger charge is 2.08. The SMILES string of the molecule is CCCn1ccc(C(=O)NCCc2ccccc2)n1. The molecule has 0 saturated carbocycles. The number of amides is 1. The van der Waals surface area contributed by atoms with Crippen molar-refractivity contribution in [1.29, 1.82) is 0 Å². The van der Waals surface area contributed by atoms with Crippen LogP contribution in [0.15, 0.2) is 42.6 Å². The molecule has 4 nitrogen and oxygen atoms in total. The van der Waals surface area contributed by atoms with Crippen LogP contribution in [0.4, 0.5) is 0 Å². The van der Waals surface area contributed by atoms with Crippen LogP contribution in [0, 0.1) is 0 Å². The molecular formula is C15H19N3O. The van der Waals surface area contributed by atoms with Crippen molar-refractivity contribution in [2.24, 2.45) is 0 Å². The summed E-state index contributed by atoms with van der Waals surface area (Å²) in [7, 11) is 0. The molecule has 0 saturated heterocycles. The molecule has 1 N–H and O–H groups in total. The van der Waals surface area contributed by atoms with Crippen molar-refractivity contribution in [2.45, 2.75) is 26.3 Å². The van der Waals surface area contributed by atoms with Crippen LogP contribution in [-0.2, 0) is 13.0 Å². The van der Waals surface area contributed by atoms with Gasteiger partial charge in [-0.1, -0.05) is 37.3 Å². The van der Waals surface area contributed by atoms with E-state index in [1.807, 2.05) is 24.4 Å². The molecule has 1 heterocycles. The Morgan fingerprint density at radius 2 is 2.05 bits per heavy atom. The first kappa shape index (κ1) is 13.3. The number of aryl methyl sites for hydroxylation is 1. The third-order valence-electron chi connectivity index (χ3n) is 2.87. The summed E-state index contributed by atoms with van der Waals surface area (Å²) >= 11 is 0. The summed E-state index contributed by atoms with van der Waals surface area (Å²) in [6.45, 7) is 3.56. The van der Waals surface area contributed by atoms with Crippen LogP contribution in [0.1, 0.15) is 29.4 Å². The van der Waals surface area contributed by atoms with Crippen LogP contribution in [0.25, 0.3) is 0 Å². The van der Waals surface area contributed by atoms with Crippen LogP contribution >= 0.6 is 0 Å². The van der Waals surface area contributed by atoms with Gasteiger partial charge in [0.15, 0.2) is 0 Å². The Balaban J connectivity index is 1.80. The number of hydrogen-bond donors (Lipinski definition) is 1. The summed E-state index contributed by atoms with van der Waals surface area (Å²) < 4.78 is 1.80. The minimum absolute atomic E-state index is 0.106.